The number of rotatable bonds is 0. The van der Waals surface area contributed by atoms with Gasteiger partial charge in [-0.3, -0.25) is 0 Å². The molecule has 0 aliphatic heterocycles. The fourth-order valence-electron chi connectivity index (χ4n) is 0.581. The molecule has 0 saturated carbocycles. The summed E-state index contributed by atoms with van der Waals surface area (Å²) in [7, 11) is 0. The first-order chi connectivity index (χ1) is 5.00. The molecule has 0 aliphatic carbocycles. The first kappa shape index (κ1) is 12.4. The summed E-state index contributed by atoms with van der Waals surface area (Å²) in [5, 5.41) is 8.57. The number of hydrogen-bond acceptors (Lipinski definition) is 2. The maximum atomic E-state index is 11.8. The van der Waals surface area contributed by atoms with E-state index in [9.17, 15) is 13.2 Å². The third-order valence-electron chi connectivity index (χ3n) is 1.02. The molecule has 0 bridgehead atoms. The average molecular weight is 202 g/mol. The van der Waals surface area contributed by atoms with Gasteiger partial charge in [0, 0.05) is 57.5 Å². The summed E-state index contributed by atoms with van der Waals surface area (Å²) < 4.78 is 35.4. The second kappa shape index (κ2) is 4.57. The van der Waals surface area contributed by atoms with Crippen molar-refractivity contribution in [3.05, 3.63) is 23.9 Å². The summed E-state index contributed by atoms with van der Waals surface area (Å²) in [6.45, 7) is 0. The van der Waals surface area contributed by atoms with E-state index in [4.69, 9.17) is 5.11 Å². The first-order valence-corrected chi connectivity index (χ1v) is 2.73. The van der Waals surface area contributed by atoms with Gasteiger partial charge in [0.15, 0.2) is 0 Å². The third kappa shape index (κ3) is 3.40. The van der Waals surface area contributed by atoms with Crippen LogP contribution in [0.5, 0.6) is 5.88 Å². The number of aromatic nitrogens is 1. The minimum absolute atomic E-state index is 0. The molecule has 0 amide bonds. The molecule has 61 valence electrons. The Morgan fingerprint density at radius 3 is 2.17 bits per heavy atom. The summed E-state index contributed by atoms with van der Waals surface area (Å²) in [6, 6.07) is 2.96. The van der Waals surface area contributed by atoms with E-state index in [0.717, 1.165) is 18.2 Å². The van der Waals surface area contributed by atoms with Crippen LogP contribution in [-0.4, -0.2) is 61.5 Å². The van der Waals surface area contributed by atoms with Crippen LogP contribution in [0.25, 0.3) is 0 Å². The van der Waals surface area contributed by atoms with Gasteiger partial charge in [-0.25, -0.2) is 4.98 Å². The van der Waals surface area contributed by atoms with E-state index < -0.39 is 17.8 Å². The van der Waals surface area contributed by atoms with Crippen LogP contribution in [0, 0.1) is 0 Å². The molecule has 0 unspecified atom stereocenters. The minimum Gasteiger partial charge on any atom is -0.493 e. The Labute approximate surface area is 109 Å². The zero-order valence-corrected chi connectivity index (χ0v) is 9.38. The topological polar surface area (TPSA) is 33.1 Å². The van der Waals surface area contributed by atoms with Crippen LogP contribution < -0.4 is 0 Å². The van der Waals surface area contributed by atoms with Gasteiger partial charge in [-0.15, -0.1) is 0 Å². The van der Waals surface area contributed by atoms with Gasteiger partial charge in [-0.05, 0) is 6.07 Å². The number of aromatic hydroxyl groups is 1. The minimum atomic E-state index is -4.49. The normalized spacial score (nSPS) is 10.6. The zero-order chi connectivity index (χ0) is 8.48. The quantitative estimate of drug-likeness (QED) is 0.645. The Hall–Kier alpha value is 0.376. The molecule has 12 heavy (non-hydrogen) atoms. The van der Waals surface area contributed by atoms with E-state index in [1.165, 1.54) is 0 Å². The molecular weight excluding hydrogens is 198 g/mol. The molecule has 0 aliphatic rings. The SMILES string of the molecule is Oc1cccc(C(F)(F)F)n1.[K]. The van der Waals surface area contributed by atoms with E-state index in [0.29, 0.717) is 0 Å². The summed E-state index contributed by atoms with van der Waals surface area (Å²) in [6.07, 6.45) is -4.49. The molecule has 6 heteroatoms. The van der Waals surface area contributed by atoms with Crippen molar-refractivity contribution in [2.24, 2.45) is 0 Å². The molecule has 1 heterocycles. The van der Waals surface area contributed by atoms with E-state index in [1.54, 1.807) is 0 Å². The molecule has 0 aromatic carbocycles. The Kier molecular flexibility index (Phi) is 4.71. The number of pyridine rings is 1. The van der Waals surface area contributed by atoms with Crippen molar-refractivity contribution in [3.8, 4) is 5.88 Å². The van der Waals surface area contributed by atoms with Gasteiger partial charge in [0.05, 0.1) is 0 Å². The van der Waals surface area contributed by atoms with Gasteiger partial charge in [0.2, 0.25) is 5.88 Å². The Balaban J connectivity index is 0.00000121. The molecule has 1 aromatic heterocycles. The van der Waals surface area contributed by atoms with E-state index >= 15 is 0 Å². The zero-order valence-electron chi connectivity index (χ0n) is 6.26. The molecule has 1 rings (SSSR count). The van der Waals surface area contributed by atoms with Crippen LogP contribution in [0.3, 0.4) is 0 Å². The van der Waals surface area contributed by atoms with Crippen molar-refractivity contribution in [2.75, 3.05) is 0 Å². The van der Waals surface area contributed by atoms with Gasteiger partial charge in [-0.1, -0.05) is 6.07 Å². The molecule has 1 radical (unpaired) electrons. The summed E-state index contributed by atoms with van der Waals surface area (Å²) in [4.78, 5) is 2.88. The van der Waals surface area contributed by atoms with Gasteiger partial charge in [0.25, 0.3) is 0 Å². The number of hydrogen-bond donors (Lipinski definition) is 1. The average Bonchev–Trinajstić information content (AvgIpc) is 1.86. The first-order valence-electron chi connectivity index (χ1n) is 2.73. The Morgan fingerprint density at radius 2 is 1.83 bits per heavy atom. The second-order valence-electron chi connectivity index (χ2n) is 1.88. The molecule has 1 N–H and O–H groups in total. The summed E-state index contributed by atoms with van der Waals surface area (Å²) >= 11 is 0. The molecule has 1 aromatic rings. The van der Waals surface area contributed by atoms with Crippen LogP contribution in [-0.2, 0) is 6.18 Å². The van der Waals surface area contributed by atoms with Gasteiger partial charge < -0.3 is 5.11 Å². The molecule has 0 fully saturated rings. The maximum absolute atomic E-state index is 11.8. The Bertz CT molecular complexity index is 263. The molecule has 2 nitrogen and oxygen atoms in total. The van der Waals surface area contributed by atoms with Gasteiger partial charge in [-0.2, -0.15) is 13.2 Å². The van der Waals surface area contributed by atoms with Crippen LogP contribution in [0.15, 0.2) is 18.2 Å². The smallest absolute Gasteiger partial charge is 0.433 e. The van der Waals surface area contributed by atoms with Crippen LogP contribution in [0.1, 0.15) is 5.69 Å². The molecular formula is C6H4F3KNO. The van der Waals surface area contributed by atoms with E-state index in [1.807, 2.05) is 0 Å². The van der Waals surface area contributed by atoms with Crippen LogP contribution in [0.4, 0.5) is 13.2 Å². The number of alkyl halides is 3. The van der Waals surface area contributed by atoms with Crippen molar-refractivity contribution < 1.29 is 18.3 Å². The molecule has 0 atom stereocenters. The fraction of sp³-hybridized carbons (Fsp3) is 0.167. The standard InChI is InChI=1S/C6H4F3NO.K/c7-6(8,9)4-2-1-3-5(11)10-4;/h1-3H,(H,10,11);. The van der Waals surface area contributed by atoms with Crippen molar-refractivity contribution in [1.82, 2.24) is 4.98 Å². The van der Waals surface area contributed by atoms with E-state index in [2.05, 4.69) is 4.98 Å². The van der Waals surface area contributed by atoms with Gasteiger partial charge in [0.1, 0.15) is 5.69 Å². The van der Waals surface area contributed by atoms with Crippen molar-refractivity contribution in [1.29, 1.82) is 0 Å². The third-order valence-corrected chi connectivity index (χ3v) is 1.02. The predicted molar refractivity (Wildman–Crippen MR) is 36.7 cm³/mol. The monoisotopic (exact) mass is 202 g/mol. The fourth-order valence-corrected chi connectivity index (χ4v) is 0.581. The van der Waals surface area contributed by atoms with Gasteiger partial charge >= 0.3 is 6.18 Å². The second-order valence-corrected chi connectivity index (χ2v) is 1.88. The molecule has 0 spiro atoms. The largest absolute Gasteiger partial charge is 0.493 e. The van der Waals surface area contributed by atoms with Crippen LogP contribution in [0.2, 0.25) is 0 Å². The maximum Gasteiger partial charge on any atom is 0.433 e. The van der Waals surface area contributed by atoms with Crippen molar-refractivity contribution in [3.63, 3.8) is 0 Å². The summed E-state index contributed by atoms with van der Waals surface area (Å²) in [5.74, 6) is -0.625. The Morgan fingerprint density at radius 1 is 1.25 bits per heavy atom. The number of halogens is 3. The molecule has 0 saturated heterocycles. The van der Waals surface area contributed by atoms with E-state index in [-0.39, 0.29) is 51.4 Å². The number of nitrogens with zero attached hydrogens (tertiary/aromatic N) is 1. The predicted octanol–water partition coefficient (Wildman–Crippen LogP) is 1.43. The van der Waals surface area contributed by atoms with Crippen molar-refractivity contribution in [2.45, 2.75) is 6.18 Å². The van der Waals surface area contributed by atoms with Crippen LogP contribution >= 0.6 is 0 Å². The summed E-state index contributed by atoms with van der Waals surface area (Å²) in [5.41, 5.74) is -1.09. The van der Waals surface area contributed by atoms with Crippen molar-refractivity contribution >= 4 is 51.4 Å².